The summed E-state index contributed by atoms with van der Waals surface area (Å²) in [5.41, 5.74) is -0.479. The van der Waals surface area contributed by atoms with E-state index in [0.717, 1.165) is 0 Å². The van der Waals surface area contributed by atoms with E-state index in [1.165, 1.54) is 0 Å². The SMILES string of the molecule is CC(C)(C)OC(=O)NCCNC#N. The van der Waals surface area contributed by atoms with E-state index in [1.54, 1.807) is 27.0 Å². The molecule has 0 bridgehead atoms. The highest BCUT2D eigenvalue weighted by molar-refractivity contribution is 5.67. The van der Waals surface area contributed by atoms with Gasteiger partial charge in [0.05, 0.1) is 0 Å². The molecule has 2 N–H and O–H groups in total. The maximum Gasteiger partial charge on any atom is 0.407 e. The van der Waals surface area contributed by atoms with E-state index in [0.29, 0.717) is 13.1 Å². The largest absolute Gasteiger partial charge is 0.444 e. The van der Waals surface area contributed by atoms with Crippen LogP contribution >= 0.6 is 0 Å². The van der Waals surface area contributed by atoms with Crippen molar-refractivity contribution in [2.24, 2.45) is 0 Å². The number of alkyl carbamates (subject to hydrolysis) is 1. The Hall–Kier alpha value is -1.44. The molecular weight excluding hydrogens is 170 g/mol. The molecule has 0 aromatic heterocycles. The molecule has 0 fully saturated rings. The molecule has 5 heteroatoms. The van der Waals surface area contributed by atoms with Crippen LogP contribution in [-0.2, 0) is 4.74 Å². The van der Waals surface area contributed by atoms with Crippen molar-refractivity contribution in [3.8, 4) is 6.19 Å². The van der Waals surface area contributed by atoms with Crippen molar-refractivity contribution in [3.63, 3.8) is 0 Å². The minimum atomic E-state index is -0.479. The van der Waals surface area contributed by atoms with Gasteiger partial charge < -0.3 is 15.4 Å². The van der Waals surface area contributed by atoms with Crippen molar-refractivity contribution in [3.05, 3.63) is 0 Å². The summed E-state index contributed by atoms with van der Waals surface area (Å²) in [4.78, 5) is 11.0. The Morgan fingerprint density at radius 1 is 1.46 bits per heavy atom. The lowest BCUT2D eigenvalue weighted by atomic mass is 10.2. The molecule has 0 atom stereocenters. The van der Waals surface area contributed by atoms with E-state index >= 15 is 0 Å². The first-order valence-corrected chi connectivity index (χ1v) is 4.04. The van der Waals surface area contributed by atoms with Crippen molar-refractivity contribution in [2.75, 3.05) is 13.1 Å². The van der Waals surface area contributed by atoms with E-state index in [4.69, 9.17) is 10.00 Å². The quantitative estimate of drug-likeness (QED) is 0.383. The third kappa shape index (κ3) is 8.47. The van der Waals surface area contributed by atoms with Crippen LogP contribution in [0, 0.1) is 11.5 Å². The van der Waals surface area contributed by atoms with Crippen LogP contribution in [0.15, 0.2) is 0 Å². The predicted molar refractivity (Wildman–Crippen MR) is 47.9 cm³/mol. The molecule has 1 amide bonds. The molecule has 0 aromatic rings. The molecule has 0 spiro atoms. The molecule has 13 heavy (non-hydrogen) atoms. The van der Waals surface area contributed by atoms with E-state index in [-0.39, 0.29) is 0 Å². The van der Waals surface area contributed by atoms with Gasteiger partial charge in [-0.2, -0.15) is 5.26 Å². The fourth-order valence-corrected chi connectivity index (χ4v) is 0.597. The van der Waals surface area contributed by atoms with Gasteiger partial charge in [0.2, 0.25) is 0 Å². The van der Waals surface area contributed by atoms with Gasteiger partial charge in [0.25, 0.3) is 0 Å². The summed E-state index contributed by atoms with van der Waals surface area (Å²) in [6.45, 7) is 6.17. The number of nitrogens with one attached hydrogen (secondary N) is 2. The summed E-state index contributed by atoms with van der Waals surface area (Å²) in [5.74, 6) is 0. The van der Waals surface area contributed by atoms with Gasteiger partial charge in [0, 0.05) is 13.1 Å². The molecule has 0 unspecified atom stereocenters. The van der Waals surface area contributed by atoms with Gasteiger partial charge in [-0.25, -0.2) is 4.79 Å². The van der Waals surface area contributed by atoms with Crippen molar-refractivity contribution in [2.45, 2.75) is 26.4 Å². The minimum Gasteiger partial charge on any atom is -0.444 e. The molecule has 0 aliphatic carbocycles. The summed E-state index contributed by atoms with van der Waals surface area (Å²) >= 11 is 0. The zero-order chi connectivity index (χ0) is 10.3. The lowest BCUT2D eigenvalue weighted by Gasteiger charge is -2.19. The van der Waals surface area contributed by atoms with Crippen molar-refractivity contribution < 1.29 is 9.53 Å². The first kappa shape index (κ1) is 11.6. The van der Waals surface area contributed by atoms with Gasteiger partial charge in [0.15, 0.2) is 6.19 Å². The highest BCUT2D eigenvalue weighted by Crippen LogP contribution is 2.05. The zero-order valence-electron chi connectivity index (χ0n) is 8.18. The van der Waals surface area contributed by atoms with E-state index < -0.39 is 11.7 Å². The Morgan fingerprint density at radius 2 is 2.08 bits per heavy atom. The Bertz CT molecular complexity index is 202. The summed E-state index contributed by atoms with van der Waals surface area (Å²) in [6, 6.07) is 0. The second-order valence-electron chi connectivity index (χ2n) is 3.47. The topological polar surface area (TPSA) is 74.2 Å². The molecule has 0 rings (SSSR count). The lowest BCUT2D eigenvalue weighted by molar-refractivity contribution is 0.0529. The van der Waals surface area contributed by atoms with Gasteiger partial charge in [-0.3, -0.25) is 0 Å². The average Bonchev–Trinajstić information content (AvgIpc) is 1.94. The van der Waals surface area contributed by atoms with E-state index in [1.807, 2.05) is 0 Å². The van der Waals surface area contributed by atoms with Crippen molar-refractivity contribution >= 4 is 6.09 Å². The Morgan fingerprint density at radius 3 is 2.54 bits per heavy atom. The van der Waals surface area contributed by atoms with Crippen LogP contribution < -0.4 is 10.6 Å². The third-order valence-electron chi connectivity index (χ3n) is 0.997. The minimum absolute atomic E-state index is 0.377. The third-order valence-corrected chi connectivity index (χ3v) is 0.997. The first-order valence-electron chi connectivity index (χ1n) is 4.04. The fraction of sp³-hybridized carbons (Fsp3) is 0.750. The summed E-state index contributed by atoms with van der Waals surface area (Å²) in [6.07, 6.45) is 1.28. The Kier molecular flexibility index (Phi) is 4.67. The molecule has 0 aromatic carbocycles. The highest BCUT2D eigenvalue weighted by atomic mass is 16.6. The van der Waals surface area contributed by atoms with Crippen LogP contribution in [0.4, 0.5) is 4.79 Å². The summed E-state index contributed by atoms with van der Waals surface area (Å²) in [7, 11) is 0. The maximum absolute atomic E-state index is 11.0. The second-order valence-corrected chi connectivity index (χ2v) is 3.47. The molecule has 0 aliphatic heterocycles. The number of carbonyl (C=O) groups is 1. The number of hydrogen-bond acceptors (Lipinski definition) is 4. The molecule has 0 saturated heterocycles. The number of ether oxygens (including phenoxy) is 1. The number of rotatable bonds is 3. The second kappa shape index (κ2) is 5.25. The number of nitriles is 1. The van der Waals surface area contributed by atoms with E-state index in [2.05, 4.69) is 10.6 Å². The van der Waals surface area contributed by atoms with Crippen molar-refractivity contribution in [1.29, 1.82) is 5.26 Å². The Labute approximate surface area is 78.1 Å². The van der Waals surface area contributed by atoms with Crippen LogP contribution in [-0.4, -0.2) is 24.8 Å². The smallest absolute Gasteiger partial charge is 0.407 e. The standard InChI is InChI=1S/C8H15N3O2/c1-8(2,3)13-7(12)11-5-4-10-6-9/h10H,4-5H2,1-3H3,(H,11,12). The van der Waals surface area contributed by atoms with Crippen LogP contribution in [0.3, 0.4) is 0 Å². The van der Waals surface area contributed by atoms with Gasteiger partial charge in [-0.05, 0) is 20.8 Å². The molecule has 5 nitrogen and oxygen atoms in total. The van der Waals surface area contributed by atoms with Gasteiger partial charge in [0.1, 0.15) is 5.60 Å². The van der Waals surface area contributed by atoms with Crippen LogP contribution in [0.5, 0.6) is 0 Å². The maximum atomic E-state index is 11.0. The predicted octanol–water partition coefficient (Wildman–Crippen LogP) is 0.582. The van der Waals surface area contributed by atoms with Gasteiger partial charge in [-0.1, -0.05) is 0 Å². The van der Waals surface area contributed by atoms with Crippen LogP contribution in [0.1, 0.15) is 20.8 Å². The van der Waals surface area contributed by atoms with Crippen LogP contribution in [0.2, 0.25) is 0 Å². The number of amides is 1. The summed E-state index contributed by atoms with van der Waals surface area (Å²) in [5, 5.41) is 13.0. The number of hydrogen-bond donors (Lipinski definition) is 2. The fourth-order valence-electron chi connectivity index (χ4n) is 0.597. The lowest BCUT2D eigenvalue weighted by Crippen LogP contribution is -2.35. The number of nitrogens with zero attached hydrogens (tertiary/aromatic N) is 1. The van der Waals surface area contributed by atoms with Gasteiger partial charge in [-0.15, -0.1) is 0 Å². The normalized spacial score (nSPS) is 10.0. The Balaban J connectivity index is 3.48. The zero-order valence-corrected chi connectivity index (χ0v) is 8.18. The molecule has 0 saturated carbocycles. The van der Waals surface area contributed by atoms with E-state index in [9.17, 15) is 4.79 Å². The van der Waals surface area contributed by atoms with Crippen molar-refractivity contribution in [1.82, 2.24) is 10.6 Å². The van der Waals surface area contributed by atoms with Crippen LogP contribution in [0.25, 0.3) is 0 Å². The molecule has 0 radical (unpaired) electrons. The molecule has 0 heterocycles. The molecule has 0 aliphatic rings. The average molecular weight is 185 g/mol. The first-order chi connectivity index (χ1) is 5.95. The number of carbonyl (C=O) groups excluding carboxylic acids is 1. The highest BCUT2D eigenvalue weighted by Gasteiger charge is 2.15. The molecular formula is C8H15N3O2. The summed E-state index contributed by atoms with van der Waals surface area (Å²) < 4.78 is 4.96. The molecule has 74 valence electrons. The monoisotopic (exact) mass is 185 g/mol. The van der Waals surface area contributed by atoms with Gasteiger partial charge >= 0.3 is 6.09 Å².